The monoisotopic (exact) mass is 288 g/mol. The molecule has 2 atom stereocenters. The molecule has 2 unspecified atom stereocenters. The van der Waals surface area contributed by atoms with E-state index in [0.29, 0.717) is 6.04 Å². The van der Waals surface area contributed by atoms with Gasteiger partial charge in [0.1, 0.15) is 0 Å². The molecule has 1 fully saturated rings. The molecule has 1 aromatic heterocycles. The van der Waals surface area contributed by atoms with Gasteiger partial charge in [-0.3, -0.25) is 4.90 Å². The highest BCUT2D eigenvalue weighted by molar-refractivity contribution is 9.11. The maximum Gasteiger partial charge on any atom is 0.0701 e. The number of nitrogens with two attached hydrogens (primary N) is 1. The lowest BCUT2D eigenvalue weighted by atomic mass is 9.78. The van der Waals surface area contributed by atoms with Crippen LogP contribution in [0.25, 0.3) is 0 Å². The first-order valence-corrected chi connectivity index (χ1v) is 7.01. The van der Waals surface area contributed by atoms with Crippen molar-refractivity contribution >= 4 is 27.3 Å². The van der Waals surface area contributed by atoms with Crippen LogP contribution in [-0.4, -0.2) is 24.5 Å². The summed E-state index contributed by atoms with van der Waals surface area (Å²) in [5, 5.41) is 2.22. The van der Waals surface area contributed by atoms with E-state index < -0.39 is 0 Å². The van der Waals surface area contributed by atoms with E-state index in [4.69, 9.17) is 5.73 Å². The molecule has 0 aromatic carbocycles. The summed E-state index contributed by atoms with van der Waals surface area (Å²) in [7, 11) is 2.21. The second-order valence-electron chi connectivity index (χ2n) is 4.31. The minimum Gasteiger partial charge on any atom is -0.330 e. The van der Waals surface area contributed by atoms with Gasteiger partial charge in [-0.15, -0.1) is 11.3 Å². The molecule has 2 nitrogen and oxygen atoms in total. The molecule has 0 spiro atoms. The summed E-state index contributed by atoms with van der Waals surface area (Å²) in [4.78, 5) is 2.44. The summed E-state index contributed by atoms with van der Waals surface area (Å²) in [5.74, 6) is 0.720. The van der Waals surface area contributed by atoms with Gasteiger partial charge in [-0.25, -0.2) is 0 Å². The van der Waals surface area contributed by atoms with Gasteiger partial charge >= 0.3 is 0 Å². The second-order valence-corrected chi connectivity index (χ2v) is 6.61. The summed E-state index contributed by atoms with van der Waals surface area (Å²) in [6.45, 7) is 1.88. The van der Waals surface area contributed by atoms with E-state index in [1.54, 1.807) is 11.3 Å². The molecule has 1 aliphatic carbocycles. The van der Waals surface area contributed by atoms with Gasteiger partial charge in [0.05, 0.1) is 3.79 Å². The third-order valence-corrected chi connectivity index (χ3v) is 4.85. The predicted octanol–water partition coefficient (Wildman–Crippen LogP) is 2.68. The Labute approximate surface area is 104 Å². The number of hydrogen-bond acceptors (Lipinski definition) is 3. The van der Waals surface area contributed by atoms with E-state index >= 15 is 0 Å². The summed E-state index contributed by atoms with van der Waals surface area (Å²) >= 11 is 5.25. The van der Waals surface area contributed by atoms with Crippen LogP contribution in [0.3, 0.4) is 0 Å². The van der Waals surface area contributed by atoms with Crippen LogP contribution in [0.5, 0.6) is 0 Å². The molecule has 0 amide bonds. The van der Waals surface area contributed by atoms with Crippen molar-refractivity contribution in [2.45, 2.75) is 25.4 Å². The van der Waals surface area contributed by atoms with E-state index in [-0.39, 0.29) is 0 Å². The summed E-state index contributed by atoms with van der Waals surface area (Å²) in [6, 6.07) is 2.91. The Morgan fingerprint density at radius 2 is 2.40 bits per heavy atom. The maximum atomic E-state index is 5.73. The Morgan fingerprint density at radius 1 is 1.60 bits per heavy atom. The smallest absolute Gasteiger partial charge is 0.0701 e. The molecule has 1 aromatic rings. The van der Waals surface area contributed by atoms with Crippen LogP contribution in [0.2, 0.25) is 0 Å². The van der Waals surface area contributed by atoms with E-state index in [9.17, 15) is 0 Å². The Balaban J connectivity index is 1.89. The molecule has 0 bridgehead atoms. The summed E-state index contributed by atoms with van der Waals surface area (Å²) < 4.78 is 1.22. The van der Waals surface area contributed by atoms with Gasteiger partial charge in [-0.1, -0.05) is 0 Å². The normalized spacial score (nSPS) is 25.6. The molecule has 2 rings (SSSR count). The highest BCUT2D eigenvalue weighted by Gasteiger charge is 2.32. The Hall–Kier alpha value is 0.1000. The van der Waals surface area contributed by atoms with Crippen LogP contribution in [0.1, 0.15) is 18.4 Å². The SMILES string of the molecule is CN(Cc1csc(Br)c1)C1CCC1CN. The third kappa shape index (κ3) is 2.61. The number of thiophene rings is 1. The topological polar surface area (TPSA) is 29.3 Å². The lowest BCUT2D eigenvalue weighted by Crippen LogP contribution is -2.47. The molecule has 0 aliphatic heterocycles. The van der Waals surface area contributed by atoms with Gasteiger partial charge in [-0.05, 0) is 65.3 Å². The van der Waals surface area contributed by atoms with Crippen molar-refractivity contribution < 1.29 is 0 Å². The highest BCUT2D eigenvalue weighted by Crippen LogP contribution is 2.32. The van der Waals surface area contributed by atoms with Gasteiger partial charge in [0, 0.05) is 12.6 Å². The van der Waals surface area contributed by atoms with Crippen molar-refractivity contribution in [1.29, 1.82) is 0 Å². The average molecular weight is 289 g/mol. The lowest BCUT2D eigenvalue weighted by molar-refractivity contribution is 0.0838. The second kappa shape index (κ2) is 4.95. The number of hydrogen-bond donors (Lipinski definition) is 1. The van der Waals surface area contributed by atoms with Crippen molar-refractivity contribution in [3.8, 4) is 0 Å². The Bertz CT molecular complexity index is 324. The van der Waals surface area contributed by atoms with Gasteiger partial charge in [0.2, 0.25) is 0 Å². The van der Waals surface area contributed by atoms with Gasteiger partial charge in [0.15, 0.2) is 0 Å². The first kappa shape index (κ1) is 11.6. The van der Waals surface area contributed by atoms with E-state index in [1.807, 2.05) is 0 Å². The molecule has 4 heteroatoms. The first-order valence-electron chi connectivity index (χ1n) is 5.34. The van der Waals surface area contributed by atoms with Crippen molar-refractivity contribution in [3.63, 3.8) is 0 Å². The zero-order valence-electron chi connectivity index (χ0n) is 8.95. The van der Waals surface area contributed by atoms with Crippen LogP contribution in [0.4, 0.5) is 0 Å². The molecule has 1 aliphatic rings. The van der Waals surface area contributed by atoms with Crippen LogP contribution < -0.4 is 5.73 Å². The van der Waals surface area contributed by atoms with Crippen molar-refractivity contribution in [3.05, 3.63) is 20.8 Å². The predicted molar refractivity (Wildman–Crippen MR) is 69.1 cm³/mol. The Morgan fingerprint density at radius 3 is 2.87 bits per heavy atom. The van der Waals surface area contributed by atoms with Gasteiger partial charge in [-0.2, -0.15) is 0 Å². The largest absolute Gasteiger partial charge is 0.330 e. The number of rotatable bonds is 4. The zero-order valence-corrected chi connectivity index (χ0v) is 11.4. The fourth-order valence-corrected chi connectivity index (χ4v) is 3.44. The van der Waals surface area contributed by atoms with Crippen LogP contribution in [0, 0.1) is 5.92 Å². The quantitative estimate of drug-likeness (QED) is 0.923. The maximum absolute atomic E-state index is 5.73. The first-order chi connectivity index (χ1) is 7.20. The molecular formula is C11H17BrN2S. The standard InChI is InChI=1S/C11H17BrN2S/c1-14(10-3-2-9(10)5-13)6-8-4-11(12)15-7-8/h4,7,9-10H,2-3,5-6,13H2,1H3. The minimum absolute atomic E-state index is 0.702. The van der Waals surface area contributed by atoms with E-state index in [1.165, 1.54) is 22.2 Å². The van der Waals surface area contributed by atoms with Crippen molar-refractivity contribution in [2.75, 3.05) is 13.6 Å². The summed E-state index contributed by atoms with van der Waals surface area (Å²) in [6.07, 6.45) is 2.61. The molecule has 84 valence electrons. The number of halogens is 1. The molecule has 0 radical (unpaired) electrons. The highest BCUT2D eigenvalue weighted by atomic mass is 79.9. The molecule has 2 N–H and O–H groups in total. The van der Waals surface area contributed by atoms with Gasteiger partial charge in [0.25, 0.3) is 0 Å². The van der Waals surface area contributed by atoms with E-state index in [2.05, 4.69) is 39.3 Å². The number of nitrogens with zero attached hydrogens (tertiary/aromatic N) is 1. The van der Waals surface area contributed by atoms with Crippen molar-refractivity contribution in [2.24, 2.45) is 11.7 Å². The van der Waals surface area contributed by atoms with Crippen LogP contribution >= 0.6 is 27.3 Å². The van der Waals surface area contributed by atoms with E-state index in [0.717, 1.165) is 19.0 Å². The fourth-order valence-electron chi connectivity index (χ4n) is 2.24. The van der Waals surface area contributed by atoms with Crippen LogP contribution in [0.15, 0.2) is 15.2 Å². The Kier molecular flexibility index (Phi) is 3.83. The zero-order chi connectivity index (χ0) is 10.8. The molecule has 15 heavy (non-hydrogen) atoms. The molecule has 1 saturated carbocycles. The van der Waals surface area contributed by atoms with Crippen LogP contribution in [-0.2, 0) is 6.54 Å². The molecular weight excluding hydrogens is 272 g/mol. The molecule has 0 saturated heterocycles. The minimum atomic E-state index is 0.702. The van der Waals surface area contributed by atoms with Gasteiger partial charge < -0.3 is 5.73 Å². The lowest BCUT2D eigenvalue weighted by Gasteiger charge is -2.42. The summed E-state index contributed by atoms with van der Waals surface area (Å²) in [5.41, 5.74) is 7.13. The fraction of sp³-hybridized carbons (Fsp3) is 0.636. The average Bonchev–Trinajstić information content (AvgIpc) is 2.49. The molecule has 1 heterocycles. The van der Waals surface area contributed by atoms with Crippen molar-refractivity contribution in [1.82, 2.24) is 4.90 Å². The third-order valence-electron chi connectivity index (χ3n) is 3.30.